The first-order chi connectivity index (χ1) is 16.3. The van der Waals surface area contributed by atoms with Gasteiger partial charge >= 0.3 is 0 Å². The molecule has 1 unspecified atom stereocenters. The molecule has 34 heavy (non-hydrogen) atoms. The van der Waals surface area contributed by atoms with Gasteiger partial charge in [0.25, 0.3) is 5.91 Å². The lowest BCUT2D eigenvalue weighted by molar-refractivity contribution is -0.148. The fraction of sp³-hybridized carbons (Fsp3) is 0.481. The quantitative estimate of drug-likeness (QED) is 0.696. The summed E-state index contributed by atoms with van der Waals surface area (Å²) in [5, 5.41) is 0. The van der Waals surface area contributed by atoms with E-state index in [0.29, 0.717) is 51.5 Å². The van der Waals surface area contributed by atoms with E-state index in [9.17, 15) is 14.0 Å². The molecule has 2 aromatic rings. The van der Waals surface area contributed by atoms with Crippen molar-refractivity contribution in [2.45, 2.75) is 44.8 Å². The Morgan fingerprint density at radius 1 is 1.15 bits per heavy atom. The summed E-state index contributed by atoms with van der Waals surface area (Å²) in [6, 6.07) is 12.6. The Labute approximate surface area is 200 Å². The molecule has 0 saturated carbocycles. The van der Waals surface area contributed by atoms with Gasteiger partial charge in [-0.1, -0.05) is 24.3 Å². The average Bonchev–Trinajstić information content (AvgIpc) is 2.77. The molecule has 2 amide bonds. The van der Waals surface area contributed by atoms with Crippen LogP contribution in [0.5, 0.6) is 0 Å². The smallest absolute Gasteiger partial charge is 0.254 e. The molecule has 3 aliphatic heterocycles. The summed E-state index contributed by atoms with van der Waals surface area (Å²) < 4.78 is 19.5. The van der Waals surface area contributed by atoms with Crippen LogP contribution in [0.15, 0.2) is 42.5 Å². The van der Waals surface area contributed by atoms with Gasteiger partial charge in [0.2, 0.25) is 5.91 Å². The minimum absolute atomic E-state index is 0.0159. The number of morpholine rings is 1. The lowest BCUT2D eigenvalue weighted by atomic mass is 9.67. The first kappa shape index (κ1) is 23.0. The number of nitrogens with zero attached hydrogens (tertiary/aromatic N) is 3. The fourth-order valence-electron chi connectivity index (χ4n) is 6.12. The zero-order valence-corrected chi connectivity index (χ0v) is 20.1. The maximum absolute atomic E-state index is 14.0. The van der Waals surface area contributed by atoms with Gasteiger partial charge in [-0.2, -0.15) is 0 Å². The fourth-order valence-corrected chi connectivity index (χ4v) is 6.12. The summed E-state index contributed by atoms with van der Waals surface area (Å²) in [5.41, 5.74) is 2.60. The molecule has 0 N–H and O–H groups in total. The van der Waals surface area contributed by atoms with E-state index in [1.54, 1.807) is 6.07 Å². The lowest BCUT2D eigenvalue weighted by Crippen LogP contribution is -2.77. The topological polar surface area (TPSA) is 53.1 Å². The first-order valence-corrected chi connectivity index (χ1v) is 12.1. The molecule has 2 saturated heterocycles. The van der Waals surface area contributed by atoms with Crippen LogP contribution in [0.25, 0.3) is 0 Å². The van der Waals surface area contributed by atoms with Crippen LogP contribution in [0.2, 0.25) is 0 Å². The van der Waals surface area contributed by atoms with E-state index in [-0.39, 0.29) is 23.7 Å². The molecule has 0 radical (unpaired) electrons. The molecule has 0 aromatic heterocycles. The Morgan fingerprint density at radius 2 is 1.85 bits per heavy atom. The minimum atomic E-state index is -0.628. The van der Waals surface area contributed by atoms with Crippen molar-refractivity contribution < 1.29 is 18.7 Å². The highest BCUT2D eigenvalue weighted by Crippen LogP contribution is 2.48. The van der Waals surface area contributed by atoms with E-state index in [4.69, 9.17) is 4.74 Å². The number of carbonyl (C=O) groups is 2. The maximum Gasteiger partial charge on any atom is 0.254 e. The molecule has 7 heteroatoms. The van der Waals surface area contributed by atoms with E-state index < -0.39 is 11.5 Å². The molecule has 3 heterocycles. The van der Waals surface area contributed by atoms with Crippen molar-refractivity contribution in [3.8, 4) is 0 Å². The van der Waals surface area contributed by atoms with Crippen LogP contribution in [-0.4, -0.2) is 77.5 Å². The Bertz CT molecular complexity index is 1090. The Kier molecular flexibility index (Phi) is 5.94. The average molecular weight is 466 g/mol. The second-order valence-electron chi connectivity index (χ2n) is 10.1. The number of hydrogen-bond donors (Lipinski definition) is 0. The number of amides is 2. The molecule has 0 aliphatic carbocycles. The summed E-state index contributed by atoms with van der Waals surface area (Å²) in [7, 11) is 0. The van der Waals surface area contributed by atoms with Crippen molar-refractivity contribution in [3.05, 3.63) is 70.5 Å². The summed E-state index contributed by atoms with van der Waals surface area (Å²) in [6.07, 6.45) is 0. The molecule has 2 fully saturated rings. The van der Waals surface area contributed by atoms with E-state index >= 15 is 0 Å². The molecule has 6 nitrogen and oxygen atoms in total. The number of hydrogen-bond acceptors (Lipinski definition) is 4. The van der Waals surface area contributed by atoms with Crippen LogP contribution >= 0.6 is 0 Å². The molecular formula is C27H32FN3O3. The summed E-state index contributed by atoms with van der Waals surface area (Å²) in [6.45, 7) is 9.84. The normalized spacial score (nSPS) is 22.1. The molecule has 0 bridgehead atoms. The third kappa shape index (κ3) is 3.81. The molecule has 2 aromatic carbocycles. The minimum Gasteiger partial charge on any atom is -0.378 e. The number of fused-ring (bicyclic) bond motifs is 1. The SMILES string of the molecule is Cc1cc(F)cc(CN2CC3(C2)C(C(=O)N2CCOCC2)c2ccccc2C(=O)N3C(C)C)c1. The highest BCUT2D eigenvalue weighted by atomic mass is 19.1. The van der Waals surface area contributed by atoms with Gasteiger partial charge in [0.1, 0.15) is 5.82 Å². The van der Waals surface area contributed by atoms with Gasteiger partial charge in [-0.25, -0.2) is 4.39 Å². The Balaban J connectivity index is 1.52. The highest BCUT2D eigenvalue weighted by Gasteiger charge is 2.61. The van der Waals surface area contributed by atoms with Gasteiger partial charge in [0, 0.05) is 44.3 Å². The van der Waals surface area contributed by atoms with Gasteiger partial charge in [-0.3, -0.25) is 14.5 Å². The lowest BCUT2D eigenvalue weighted by Gasteiger charge is -2.62. The summed E-state index contributed by atoms with van der Waals surface area (Å²) >= 11 is 0. The molecule has 5 rings (SSSR count). The van der Waals surface area contributed by atoms with E-state index in [1.807, 2.05) is 60.9 Å². The Hall–Kier alpha value is -2.77. The van der Waals surface area contributed by atoms with Crippen molar-refractivity contribution in [1.82, 2.24) is 14.7 Å². The molecule has 1 atom stereocenters. The van der Waals surface area contributed by atoms with Gasteiger partial charge in [-0.15, -0.1) is 0 Å². The highest BCUT2D eigenvalue weighted by molar-refractivity contribution is 6.02. The number of rotatable bonds is 4. The second-order valence-corrected chi connectivity index (χ2v) is 10.1. The zero-order valence-electron chi connectivity index (χ0n) is 20.1. The number of likely N-dealkylation sites (tertiary alicyclic amines) is 1. The van der Waals surface area contributed by atoms with Crippen molar-refractivity contribution in [2.24, 2.45) is 0 Å². The van der Waals surface area contributed by atoms with Crippen LogP contribution in [0.1, 0.15) is 46.8 Å². The predicted octanol–water partition coefficient (Wildman–Crippen LogP) is 3.20. The maximum atomic E-state index is 14.0. The van der Waals surface area contributed by atoms with Gasteiger partial charge in [0.05, 0.1) is 24.7 Å². The van der Waals surface area contributed by atoms with Crippen molar-refractivity contribution in [2.75, 3.05) is 39.4 Å². The van der Waals surface area contributed by atoms with E-state index in [2.05, 4.69) is 4.90 Å². The monoisotopic (exact) mass is 465 g/mol. The molecule has 3 aliphatic rings. The predicted molar refractivity (Wildman–Crippen MR) is 127 cm³/mol. The number of aryl methyl sites for hydroxylation is 1. The van der Waals surface area contributed by atoms with Crippen LogP contribution in [-0.2, 0) is 16.1 Å². The first-order valence-electron chi connectivity index (χ1n) is 12.1. The standard InChI is InChI=1S/C27H32FN3O3/c1-18(2)31-25(32)23-7-5-4-6-22(23)24(26(33)30-8-10-34-11-9-30)27(31)16-29(17-27)15-20-12-19(3)13-21(28)14-20/h4-7,12-14,18,24H,8-11,15-17H2,1-3H3. The largest absolute Gasteiger partial charge is 0.378 e. The van der Waals surface area contributed by atoms with Gasteiger partial charge in [-0.05, 0) is 55.7 Å². The molecular weight excluding hydrogens is 433 g/mol. The second kappa shape index (κ2) is 8.78. The third-order valence-corrected chi connectivity index (χ3v) is 7.33. The number of halogens is 1. The number of ether oxygens (including phenoxy) is 1. The number of benzene rings is 2. The van der Waals surface area contributed by atoms with Crippen molar-refractivity contribution in [1.29, 1.82) is 0 Å². The van der Waals surface area contributed by atoms with Crippen molar-refractivity contribution in [3.63, 3.8) is 0 Å². The van der Waals surface area contributed by atoms with Crippen LogP contribution in [0, 0.1) is 12.7 Å². The van der Waals surface area contributed by atoms with Gasteiger partial charge in [0.15, 0.2) is 0 Å². The van der Waals surface area contributed by atoms with Crippen LogP contribution in [0.4, 0.5) is 4.39 Å². The van der Waals surface area contributed by atoms with Crippen molar-refractivity contribution >= 4 is 11.8 Å². The van der Waals surface area contributed by atoms with Crippen LogP contribution in [0.3, 0.4) is 0 Å². The van der Waals surface area contributed by atoms with Crippen LogP contribution < -0.4 is 0 Å². The third-order valence-electron chi connectivity index (χ3n) is 7.33. The summed E-state index contributed by atoms with van der Waals surface area (Å²) in [4.78, 5) is 33.7. The summed E-state index contributed by atoms with van der Waals surface area (Å²) in [5.74, 6) is -0.628. The van der Waals surface area contributed by atoms with E-state index in [0.717, 1.165) is 16.7 Å². The molecule has 1 spiro atoms. The van der Waals surface area contributed by atoms with E-state index in [1.165, 1.54) is 6.07 Å². The zero-order chi connectivity index (χ0) is 24.0. The van der Waals surface area contributed by atoms with Gasteiger partial charge < -0.3 is 14.5 Å². The Morgan fingerprint density at radius 3 is 2.53 bits per heavy atom. The molecule has 180 valence electrons. The number of carbonyl (C=O) groups excluding carboxylic acids is 2.